The molecule has 0 spiro atoms. The monoisotopic (exact) mass is 417 g/mol. The fourth-order valence-electron chi connectivity index (χ4n) is 4.56. The van der Waals surface area contributed by atoms with E-state index in [1.165, 1.54) is 0 Å². The van der Waals surface area contributed by atoms with Crippen molar-refractivity contribution in [1.82, 2.24) is 14.7 Å². The molecule has 1 aromatic rings. The van der Waals surface area contributed by atoms with Crippen molar-refractivity contribution in [3.05, 3.63) is 29.8 Å². The number of aliphatic hydroxyl groups excluding tert-OH is 1. The molecule has 2 saturated heterocycles. The van der Waals surface area contributed by atoms with E-state index in [9.17, 15) is 14.7 Å². The Bertz CT molecular complexity index is 714. The van der Waals surface area contributed by atoms with E-state index in [0.717, 1.165) is 50.3 Å². The third-order valence-electron chi connectivity index (χ3n) is 6.23. The Morgan fingerprint density at radius 2 is 1.93 bits per heavy atom. The van der Waals surface area contributed by atoms with E-state index >= 15 is 0 Å². The number of ether oxygens (including phenoxy) is 1. The summed E-state index contributed by atoms with van der Waals surface area (Å²) in [7, 11) is 3.49. The molecule has 0 aromatic heterocycles. The molecule has 2 heterocycles. The Kier molecular flexibility index (Phi) is 7.72. The van der Waals surface area contributed by atoms with Crippen LogP contribution in [0, 0.1) is 11.8 Å². The average Bonchev–Trinajstić information content (AvgIpc) is 3.09. The summed E-state index contributed by atoms with van der Waals surface area (Å²) in [5, 5.41) is 9.54. The third-order valence-corrected chi connectivity index (χ3v) is 6.23. The Morgan fingerprint density at radius 3 is 2.53 bits per heavy atom. The maximum Gasteiger partial charge on any atom is 0.227 e. The number of rotatable bonds is 8. The lowest BCUT2D eigenvalue weighted by Gasteiger charge is -2.34. The second kappa shape index (κ2) is 10.3. The van der Waals surface area contributed by atoms with Gasteiger partial charge in [-0.2, -0.15) is 0 Å². The number of piperidine rings is 1. The molecular formula is C23H35N3O4. The van der Waals surface area contributed by atoms with Gasteiger partial charge >= 0.3 is 0 Å². The van der Waals surface area contributed by atoms with Crippen LogP contribution in [0.2, 0.25) is 0 Å². The molecule has 0 radical (unpaired) electrons. The molecule has 166 valence electrons. The minimum Gasteiger partial charge on any atom is -0.497 e. The standard InChI is InChI=1S/C23H35N3O4/c1-17(27)13-25-10-8-19(9-11-25)14-24(2)23(29)20-12-22(28)26(16-20)15-18-4-6-21(30-3)7-5-18/h4-7,17,19-20,27H,8-16H2,1-3H3/t17-,20+/m1/s1. The molecule has 7 heteroatoms. The highest BCUT2D eigenvalue weighted by atomic mass is 16.5. The zero-order chi connectivity index (χ0) is 21.7. The summed E-state index contributed by atoms with van der Waals surface area (Å²) in [5.74, 6) is 1.14. The molecule has 0 unspecified atom stereocenters. The van der Waals surface area contributed by atoms with Crippen molar-refractivity contribution in [2.75, 3.05) is 46.9 Å². The number of hydrogen-bond donors (Lipinski definition) is 1. The quantitative estimate of drug-likeness (QED) is 0.696. The smallest absolute Gasteiger partial charge is 0.227 e. The van der Waals surface area contributed by atoms with Crippen molar-refractivity contribution in [1.29, 1.82) is 0 Å². The second-order valence-corrected chi connectivity index (χ2v) is 8.84. The van der Waals surface area contributed by atoms with Gasteiger partial charge in [0.2, 0.25) is 11.8 Å². The number of carbonyl (C=O) groups is 2. The zero-order valence-electron chi connectivity index (χ0n) is 18.4. The summed E-state index contributed by atoms with van der Waals surface area (Å²) in [6.07, 6.45) is 2.08. The Balaban J connectivity index is 1.46. The van der Waals surface area contributed by atoms with Gasteiger partial charge in [0, 0.05) is 39.6 Å². The van der Waals surface area contributed by atoms with E-state index in [0.29, 0.717) is 25.4 Å². The number of carbonyl (C=O) groups excluding carboxylic acids is 2. The molecule has 7 nitrogen and oxygen atoms in total. The summed E-state index contributed by atoms with van der Waals surface area (Å²) < 4.78 is 5.18. The highest BCUT2D eigenvalue weighted by Gasteiger charge is 2.36. The molecule has 2 atom stereocenters. The maximum absolute atomic E-state index is 12.9. The number of benzene rings is 1. The lowest BCUT2D eigenvalue weighted by atomic mass is 9.95. The van der Waals surface area contributed by atoms with Crippen molar-refractivity contribution in [2.24, 2.45) is 11.8 Å². The van der Waals surface area contributed by atoms with Crippen molar-refractivity contribution in [3.63, 3.8) is 0 Å². The molecule has 2 amide bonds. The Hall–Kier alpha value is -2.12. The summed E-state index contributed by atoms with van der Waals surface area (Å²) in [6.45, 7) is 6.23. The molecule has 30 heavy (non-hydrogen) atoms. The molecule has 0 bridgehead atoms. The number of likely N-dealkylation sites (tertiary alicyclic amines) is 2. The van der Waals surface area contributed by atoms with Crippen LogP contribution >= 0.6 is 0 Å². The topological polar surface area (TPSA) is 73.3 Å². The van der Waals surface area contributed by atoms with Crippen LogP contribution in [-0.2, 0) is 16.1 Å². The van der Waals surface area contributed by atoms with Gasteiger partial charge in [-0.1, -0.05) is 12.1 Å². The van der Waals surface area contributed by atoms with E-state index in [-0.39, 0.29) is 23.8 Å². The van der Waals surface area contributed by atoms with Gasteiger partial charge in [0.25, 0.3) is 0 Å². The third kappa shape index (κ3) is 5.95. The normalized spacial score (nSPS) is 21.7. The lowest BCUT2D eigenvalue weighted by Crippen LogP contribution is -2.43. The van der Waals surface area contributed by atoms with Gasteiger partial charge in [-0.25, -0.2) is 0 Å². The lowest BCUT2D eigenvalue weighted by molar-refractivity contribution is -0.135. The summed E-state index contributed by atoms with van der Waals surface area (Å²) in [6, 6.07) is 7.69. The number of nitrogens with zero attached hydrogens (tertiary/aromatic N) is 3. The van der Waals surface area contributed by atoms with Crippen molar-refractivity contribution >= 4 is 11.8 Å². The molecule has 0 saturated carbocycles. The highest BCUT2D eigenvalue weighted by molar-refractivity contribution is 5.89. The fraction of sp³-hybridized carbons (Fsp3) is 0.652. The van der Waals surface area contributed by atoms with E-state index in [1.54, 1.807) is 12.0 Å². The van der Waals surface area contributed by atoms with Gasteiger partial charge in [-0.3, -0.25) is 9.59 Å². The highest BCUT2D eigenvalue weighted by Crippen LogP contribution is 2.24. The van der Waals surface area contributed by atoms with Gasteiger partial charge in [0.15, 0.2) is 0 Å². The molecule has 1 aromatic carbocycles. The van der Waals surface area contributed by atoms with E-state index < -0.39 is 0 Å². The van der Waals surface area contributed by atoms with Gasteiger partial charge in [0.05, 0.1) is 19.1 Å². The van der Waals surface area contributed by atoms with Crippen LogP contribution in [0.4, 0.5) is 0 Å². The minimum absolute atomic E-state index is 0.0454. The first-order valence-electron chi connectivity index (χ1n) is 10.9. The van der Waals surface area contributed by atoms with Crippen LogP contribution in [0.5, 0.6) is 5.75 Å². The van der Waals surface area contributed by atoms with E-state index in [4.69, 9.17) is 4.74 Å². The molecule has 3 rings (SSSR count). The Morgan fingerprint density at radius 1 is 1.27 bits per heavy atom. The largest absolute Gasteiger partial charge is 0.497 e. The number of methoxy groups -OCH3 is 1. The molecule has 0 aliphatic carbocycles. The molecule has 2 aliphatic heterocycles. The molecule has 2 fully saturated rings. The van der Waals surface area contributed by atoms with Gasteiger partial charge < -0.3 is 24.5 Å². The predicted octanol–water partition coefficient (Wildman–Crippen LogP) is 1.59. The van der Waals surface area contributed by atoms with Crippen molar-refractivity contribution in [2.45, 2.75) is 38.8 Å². The van der Waals surface area contributed by atoms with Crippen LogP contribution in [-0.4, -0.2) is 84.6 Å². The summed E-state index contributed by atoms with van der Waals surface area (Å²) in [4.78, 5) is 31.3. The molecular weight excluding hydrogens is 382 g/mol. The van der Waals surface area contributed by atoms with Gasteiger partial charge in [-0.05, 0) is 56.5 Å². The second-order valence-electron chi connectivity index (χ2n) is 8.84. The van der Waals surface area contributed by atoms with Crippen LogP contribution in [0.25, 0.3) is 0 Å². The van der Waals surface area contributed by atoms with Crippen LogP contribution in [0.1, 0.15) is 31.7 Å². The number of hydrogen-bond acceptors (Lipinski definition) is 5. The van der Waals surface area contributed by atoms with Crippen LogP contribution in [0.3, 0.4) is 0 Å². The summed E-state index contributed by atoms with van der Waals surface area (Å²) >= 11 is 0. The predicted molar refractivity (Wildman–Crippen MR) is 115 cm³/mol. The van der Waals surface area contributed by atoms with Crippen LogP contribution in [0.15, 0.2) is 24.3 Å². The Labute approximate surface area is 179 Å². The van der Waals surface area contributed by atoms with Gasteiger partial charge in [0.1, 0.15) is 5.75 Å². The summed E-state index contributed by atoms with van der Waals surface area (Å²) in [5.41, 5.74) is 1.04. The maximum atomic E-state index is 12.9. The van der Waals surface area contributed by atoms with Gasteiger partial charge in [-0.15, -0.1) is 0 Å². The van der Waals surface area contributed by atoms with E-state index in [1.807, 2.05) is 43.1 Å². The first-order valence-corrected chi connectivity index (χ1v) is 10.9. The number of aliphatic hydroxyl groups is 1. The SMILES string of the molecule is COc1ccc(CN2C[C@@H](C(=O)N(C)CC3CCN(C[C@@H](C)O)CC3)CC2=O)cc1. The first-order chi connectivity index (χ1) is 14.4. The first kappa shape index (κ1) is 22.6. The van der Waals surface area contributed by atoms with Crippen LogP contribution < -0.4 is 4.74 Å². The van der Waals surface area contributed by atoms with Crippen molar-refractivity contribution < 1.29 is 19.4 Å². The molecule has 2 aliphatic rings. The fourth-order valence-corrected chi connectivity index (χ4v) is 4.56. The average molecular weight is 418 g/mol. The zero-order valence-corrected chi connectivity index (χ0v) is 18.4. The molecule has 1 N–H and O–H groups in total. The number of amides is 2. The number of β-amino-alcohol motifs (C(OH)–C–C–N with tert-alkyl or cyclic N) is 1. The van der Waals surface area contributed by atoms with E-state index in [2.05, 4.69) is 4.90 Å². The van der Waals surface area contributed by atoms with Crippen molar-refractivity contribution in [3.8, 4) is 5.75 Å². The minimum atomic E-state index is -0.299.